The Morgan fingerprint density at radius 3 is 2.38 bits per heavy atom. The Labute approximate surface area is 134 Å². The highest BCUT2D eigenvalue weighted by molar-refractivity contribution is 9.10. The summed E-state index contributed by atoms with van der Waals surface area (Å²) in [5.74, 6) is 1.75. The van der Waals surface area contributed by atoms with E-state index in [1.54, 1.807) is 0 Å². The molecule has 0 saturated carbocycles. The summed E-state index contributed by atoms with van der Waals surface area (Å²) < 4.78 is 6.98. The molecular formula is C18H20BrNO. The predicted octanol–water partition coefficient (Wildman–Crippen LogP) is 5.14. The predicted molar refractivity (Wildman–Crippen MR) is 89.9 cm³/mol. The molecule has 110 valence electrons. The van der Waals surface area contributed by atoms with Gasteiger partial charge in [0.15, 0.2) is 0 Å². The molecule has 0 unspecified atom stereocenters. The zero-order valence-electron chi connectivity index (χ0n) is 12.2. The number of fused-ring (bicyclic) bond motifs is 1. The Bertz CT molecular complexity index is 652. The van der Waals surface area contributed by atoms with Gasteiger partial charge in [-0.25, -0.2) is 0 Å². The van der Waals surface area contributed by atoms with Crippen LogP contribution in [-0.4, -0.2) is 0 Å². The van der Waals surface area contributed by atoms with E-state index in [1.807, 2.05) is 25.1 Å². The van der Waals surface area contributed by atoms with Crippen LogP contribution < -0.4 is 10.5 Å². The van der Waals surface area contributed by atoms with E-state index in [0.717, 1.165) is 21.5 Å². The van der Waals surface area contributed by atoms with Crippen LogP contribution in [0.25, 0.3) is 0 Å². The first-order chi connectivity index (χ1) is 10.1. The van der Waals surface area contributed by atoms with Crippen LogP contribution in [0, 0.1) is 0 Å². The van der Waals surface area contributed by atoms with Gasteiger partial charge in [-0.2, -0.15) is 0 Å². The topological polar surface area (TPSA) is 35.2 Å². The monoisotopic (exact) mass is 345 g/mol. The van der Waals surface area contributed by atoms with E-state index in [9.17, 15) is 0 Å². The van der Waals surface area contributed by atoms with E-state index in [4.69, 9.17) is 10.5 Å². The summed E-state index contributed by atoms with van der Waals surface area (Å²) >= 11 is 3.56. The Balaban J connectivity index is 1.82. The Hall–Kier alpha value is -1.32. The number of aryl methyl sites for hydroxylation is 2. The van der Waals surface area contributed by atoms with Crippen molar-refractivity contribution in [1.29, 1.82) is 0 Å². The van der Waals surface area contributed by atoms with Crippen molar-refractivity contribution in [3.8, 4) is 11.5 Å². The van der Waals surface area contributed by atoms with E-state index in [0.29, 0.717) is 0 Å². The molecule has 3 heteroatoms. The van der Waals surface area contributed by atoms with E-state index in [-0.39, 0.29) is 6.04 Å². The number of rotatable bonds is 3. The number of nitrogens with two attached hydrogens (primary N) is 1. The highest BCUT2D eigenvalue weighted by Crippen LogP contribution is 2.31. The molecule has 1 atom stereocenters. The standard InChI is InChI=1S/C18H20BrNO/c1-12(20)17-9-8-16(11-18(17)19)21-15-7-6-13-4-2-3-5-14(13)10-15/h6-12H,2-5,20H2,1H3/t12-/m0/s1. The van der Waals surface area contributed by atoms with Crippen molar-refractivity contribution in [2.75, 3.05) is 0 Å². The number of ether oxygens (including phenoxy) is 1. The minimum Gasteiger partial charge on any atom is -0.457 e. The lowest BCUT2D eigenvalue weighted by Crippen LogP contribution is -2.05. The molecule has 1 aliphatic rings. The van der Waals surface area contributed by atoms with Crippen molar-refractivity contribution in [3.63, 3.8) is 0 Å². The van der Waals surface area contributed by atoms with Crippen molar-refractivity contribution >= 4 is 15.9 Å². The van der Waals surface area contributed by atoms with Gasteiger partial charge in [-0.15, -0.1) is 0 Å². The molecule has 0 spiro atoms. The van der Waals surface area contributed by atoms with Gasteiger partial charge in [-0.05, 0) is 73.6 Å². The van der Waals surface area contributed by atoms with Crippen LogP contribution in [0.2, 0.25) is 0 Å². The molecule has 0 bridgehead atoms. The van der Waals surface area contributed by atoms with Crippen molar-refractivity contribution in [1.82, 2.24) is 0 Å². The molecule has 0 aromatic heterocycles. The first-order valence-electron chi connectivity index (χ1n) is 7.48. The second kappa shape index (κ2) is 6.20. The number of benzene rings is 2. The molecule has 0 heterocycles. The largest absolute Gasteiger partial charge is 0.457 e. The van der Waals surface area contributed by atoms with Crippen LogP contribution in [0.1, 0.15) is 42.5 Å². The third-order valence-corrected chi connectivity index (χ3v) is 4.70. The van der Waals surface area contributed by atoms with Crippen molar-refractivity contribution in [2.45, 2.75) is 38.6 Å². The molecule has 2 aromatic carbocycles. The van der Waals surface area contributed by atoms with E-state index in [2.05, 4.69) is 34.1 Å². The third-order valence-electron chi connectivity index (χ3n) is 4.02. The summed E-state index contributed by atoms with van der Waals surface area (Å²) in [6, 6.07) is 12.4. The molecule has 0 aliphatic heterocycles. The van der Waals surface area contributed by atoms with Crippen LogP contribution in [0.3, 0.4) is 0 Å². The molecule has 2 nitrogen and oxygen atoms in total. The normalized spacial score (nSPS) is 15.4. The number of hydrogen-bond donors (Lipinski definition) is 1. The second-order valence-corrected chi connectivity index (χ2v) is 6.57. The van der Waals surface area contributed by atoms with Gasteiger partial charge >= 0.3 is 0 Å². The lowest BCUT2D eigenvalue weighted by Gasteiger charge is -2.17. The van der Waals surface area contributed by atoms with Crippen LogP contribution in [0.4, 0.5) is 0 Å². The molecule has 0 saturated heterocycles. The minimum absolute atomic E-state index is 0.0113. The van der Waals surface area contributed by atoms with E-state index < -0.39 is 0 Å². The summed E-state index contributed by atoms with van der Waals surface area (Å²) in [6.07, 6.45) is 4.95. The fourth-order valence-electron chi connectivity index (χ4n) is 2.85. The summed E-state index contributed by atoms with van der Waals surface area (Å²) in [4.78, 5) is 0. The molecule has 0 fully saturated rings. The van der Waals surface area contributed by atoms with Gasteiger partial charge in [0.05, 0.1) is 0 Å². The molecule has 0 amide bonds. The Morgan fingerprint density at radius 2 is 1.67 bits per heavy atom. The molecule has 0 radical (unpaired) electrons. The third kappa shape index (κ3) is 3.30. The maximum Gasteiger partial charge on any atom is 0.128 e. The summed E-state index contributed by atoms with van der Waals surface area (Å²) in [6.45, 7) is 1.98. The van der Waals surface area contributed by atoms with Crippen molar-refractivity contribution in [3.05, 3.63) is 57.6 Å². The van der Waals surface area contributed by atoms with Gasteiger partial charge in [-0.3, -0.25) is 0 Å². The second-order valence-electron chi connectivity index (χ2n) is 5.71. The van der Waals surface area contributed by atoms with Gasteiger partial charge in [0, 0.05) is 10.5 Å². The fraction of sp³-hybridized carbons (Fsp3) is 0.333. The van der Waals surface area contributed by atoms with Crippen LogP contribution in [0.15, 0.2) is 40.9 Å². The van der Waals surface area contributed by atoms with Crippen molar-refractivity contribution < 1.29 is 4.74 Å². The number of halogens is 1. The highest BCUT2D eigenvalue weighted by Gasteiger charge is 2.11. The van der Waals surface area contributed by atoms with Gasteiger partial charge in [-0.1, -0.05) is 28.1 Å². The molecule has 2 aromatic rings. The van der Waals surface area contributed by atoms with Crippen LogP contribution >= 0.6 is 15.9 Å². The smallest absolute Gasteiger partial charge is 0.128 e. The SMILES string of the molecule is C[C@H](N)c1ccc(Oc2ccc3c(c2)CCCC3)cc1Br. The van der Waals surface area contributed by atoms with E-state index in [1.165, 1.54) is 36.8 Å². The fourth-order valence-corrected chi connectivity index (χ4v) is 3.57. The average molecular weight is 346 g/mol. The summed E-state index contributed by atoms with van der Waals surface area (Å²) in [5.41, 5.74) is 9.92. The van der Waals surface area contributed by atoms with E-state index >= 15 is 0 Å². The highest BCUT2D eigenvalue weighted by atomic mass is 79.9. The van der Waals surface area contributed by atoms with Crippen LogP contribution in [-0.2, 0) is 12.8 Å². The maximum atomic E-state index is 5.99. The quantitative estimate of drug-likeness (QED) is 0.835. The minimum atomic E-state index is 0.0113. The van der Waals surface area contributed by atoms with Gasteiger partial charge in [0.25, 0.3) is 0 Å². The van der Waals surface area contributed by atoms with Gasteiger partial charge < -0.3 is 10.5 Å². The van der Waals surface area contributed by atoms with Crippen molar-refractivity contribution in [2.24, 2.45) is 5.73 Å². The Kier molecular flexibility index (Phi) is 4.32. The summed E-state index contributed by atoms with van der Waals surface area (Å²) in [7, 11) is 0. The molecule has 1 aliphatic carbocycles. The average Bonchev–Trinajstić information content (AvgIpc) is 2.47. The first-order valence-corrected chi connectivity index (χ1v) is 8.27. The number of hydrogen-bond acceptors (Lipinski definition) is 2. The zero-order chi connectivity index (χ0) is 14.8. The van der Waals surface area contributed by atoms with Gasteiger partial charge in [0.2, 0.25) is 0 Å². The molecular weight excluding hydrogens is 326 g/mol. The molecule has 3 rings (SSSR count). The molecule has 2 N–H and O–H groups in total. The summed E-state index contributed by atoms with van der Waals surface area (Å²) in [5, 5.41) is 0. The first kappa shape index (κ1) is 14.6. The maximum absolute atomic E-state index is 5.99. The van der Waals surface area contributed by atoms with Gasteiger partial charge in [0.1, 0.15) is 11.5 Å². The lowest BCUT2D eigenvalue weighted by atomic mass is 9.92. The molecule has 21 heavy (non-hydrogen) atoms. The Morgan fingerprint density at radius 1 is 1.00 bits per heavy atom. The zero-order valence-corrected chi connectivity index (χ0v) is 13.8. The lowest BCUT2D eigenvalue weighted by molar-refractivity contribution is 0.480. The van der Waals surface area contributed by atoms with Crippen LogP contribution in [0.5, 0.6) is 11.5 Å².